The number of aryl methyl sites for hydroxylation is 1. The maximum absolute atomic E-state index is 2.36. The van der Waals surface area contributed by atoms with Gasteiger partial charge in [0.2, 0.25) is 0 Å². The molecular formula is C16H19N. The molecule has 0 N–H and O–H groups in total. The van der Waals surface area contributed by atoms with Crippen LogP contribution in [0, 0.1) is 6.92 Å². The van der Waals surface area contributed by atoms with Gasteiger partial charge in [0.15, 0.2) is 0 Å². The first-order chi connectivity index (χ1) is 8.31. The molecule has 0 fully saturated rings. The van der Waals surface area contributed by atoms with E-state index in [1.165, 1.54) is 16.9 Å². The molecule has 0 saturated carbocycles. The summed E-state index contributed by atoms with van der Waals surface area (Å²) in [5.41, 5.74) is 3.92. The van der Waals surface area contributed by atoms with Crippen LogP contribution in [0.15, 0.2) is 60.3 Å². The minimum Gasteiger partial charge on any atom is -0.345 e. The number of allylic oxidation sites excluding steroid dienone is 5. The summed E-state index contributed by atoms with van der Waals surface area (Å²) in [6.45, 7) is 5.31. The third-order valence-electron chi connectivity index (χ3n) is 2.98. The number of hydrogen-bond acceptors (Lipinski definition) is 1. The van der Waals surface area contributed by atoms with Crippen LogP contribution in [0.5, 0.6) is 0 Å². The molecule has 2 rings (SSSR count). The van der Waals surface area contributed by atoms with Gasteiger partial charge in [-0.1, -0.05) is 42.0 Å². The minimum atomic E-state index is 0.995. The molecule has 0 radical (unpaired) electrons. The molecule has 0 aliphatic heterocycles. The normalized spacial score (nSPS) is 14.4. The molecule has 0 aromatic heterocycles. The van der Waals surface area contributed by atoms with Gasteiger partial charge in [-0.3, -0.25) is 0 Å². The Balaban J connectivity index is 2.27. The predicted molar refractivity (Wildman–Crippen MR) is 75.2 cm³/mol. The molecule has 0 saturated heterocycles. The van der Waals surface area contributed by atoms with Gasteiger partial charge in [-0.15, -0.1) is 0 Å². The fraction of sp³-hybridized carbons (Fsp3) is 0.250. The molecule has 1 aromatic carbocycles. The van der Waals surface area contributed by atoms with Crippen molar-refractivity contribution < 1.29 is 0 Å². The summed E-state index contributed by atoms with van der Waals surface area (Å²) in [5, 5.41) is 0. The van der Waals surface area contributed by atoms with Gasteiger partial charge in [-0.2, -0.15) is 0 Å². The van der Waals surface area contributed by atoms with Crippen molar-refractivity contribution >= 4 is 5.69 Å². The predicted octanol–water partition coefficient (Wildman–Crippen LogP) is 4.22. The number of rotatable bonds is 3. The zero-order chi connectivity index (χ0) is 12.1. The second-order valence-electron chi connectivity index (χ2n) is 4.25. The summed E-state index contributed by atoms with van der Waals surface area (Å²) in [6, 6.07) is 8.72. The Morgan fingerprint density at radius 2 is 1.82 bits per heavy atom. The highest BCUT2D eigenvalue weighted by Gasteiger charge is 2.08. The molecule has 0 bridgehead atoms. The van der Waals surface area contributed by atoms with Crippen molar-refractivity contribution in [2.45, 2.75) is 20.3 Å². The Morgan fingerprint density at radius 3 is 2.53 bits per heavy atom. The number of benzene rings is 1. The summed E-state index contributed by atoms with van der Waals surface area (Å²) in [4.78, 5) is 2.36. The van der Waals surface area contributed by atoms with Crippen molar-refractivity contribution in [2.75, 3.05) is 11.4 Å². The fourth-order valence-electron chi connectivity index (χ4n) is 2.04. The minimum absolute atomic E-state index is 0.995. The average molecular weight is 225 g/mol. The largest absolute Gasteiger partial charge is 0.345 e. The third-order valence-corrected chi connectivity index (χ3v) is 2.98. The molecule has 0 spiro atoms. The highest BCUT2D eigenvalue weighted by Crippen LogP contribution is 2.22. The standard InChI is InChI=1S/C16H19N/c1-3-17(15-8-6-4-5-7-9-15)16-12-10-14(2)11-13-16/h4-8,10-13H,3,9H2,1-2H3. The lowest BCUT2D eigenvalue weighted by molar-refractivity contribution is 0.922. The van der Waals surface area contributed by atoms with Gasteiger partial charge in [0.1, 0.15) is 0 Å². The van der Waals surface area contributed by atoms with Crippen LogP contribution in [-0.2, 0) is 0 Å². The average Bonchev–Trinajstić information content (AvgIpc) is 2.62. The molecule has 1 aliphatic carbocycles. The van der Waals surface area contributed by atoms with E-state index in [-0.39, 0.29) is 0 Å². The molecule has 1 nitrogen and oxygen atoms in total. The second-order valence-corrected chi connectivity index (χ2v) is 4.25. The van der Waals surface area contributed by atoms with E-state index in [1.807, 2.05) is 0 Å². The molecule has 1 heteroatoms. The van der Waals surface area contributed by atoms with Crippen LogP contribution in [0.3, 0.4) is 0 Å². The SMILES string of the molecule is CCN(C1=CC=CC=CC1)c1ccc(C)cc1. The topological polar surface area (TPSA) is 3.24 Å². The monoisotopic (exact) mass is 225 g/mol. The van der Waals surface area contributed by atoms with Crippen LogP contribution in [0.25, 0.3) is 0 Å². The van der Waals surface area contributed by atoms with Crippen molar-refractivity contribution in [1.29, 1.82) is 0 Å². The summed E-state index contributed by atoms with van der Waals surface area (Å²) < 4.78 is 0. The Bertz CT molecular complexity index is 449. The lowest BCUT2D eigenvalue weighted by Crippen LogP contribution is -2.21. The van der Waals surface area contributed by atoms with Gasteiger partial charge in [0.25, 0.3) is 0 Å². The Hall–Kier alpha value is -1.76. The fourth-order valence-corrected chi connectivity index (χ4v) is 2.04. The van der Waals surface area contributed by atoms with Crippen molar-refractivity contribution in [3.8, 4) is 0 Å². The molecule has 1 aromatic rings. The van der Waals surface area contributed by atoms with E-state index in [0.717, 1.165) is 13.0 Å². The highest BCUT2D eigenvalue weighted by molar-refractivity contribution is 5.54. The zero-order valence-electron chi connectivity index (χ0n) is 10.6. The Morgan fingerprint density at radius 1 is 1.06 bits per heavy atom. The summed E-state index contributed by atoms with van der Waals surface area (Å²) in [7, 11) is 0. The van der Waals surface area contributed by atoms with E-state index in [4.69, 9.17) is 0 Å². The van der Waals surface area contributed by atoms with E-state index in [1.54, 1.807) is 0 Å². The van der Waals surface area contributed by atoms with Gasteiger partial charge < -0.3 is 4.90 Å². The van der Waals surface area contributed by atoms with Crippen LogP contribution in [0.4, 0.5) is 5.69 Å². The van der Waals surface area contributed by atoms with Gasteiger partial charge in [0, 0.05) is 24.4 Å². The van der Waals surface area contributed by atoms with Gasteiger partial charge in [0.05, 0.1) is 0 Å². The van der Waals surface area contributed by atoms with E-state index >= 15 is 0 Å². The molecule has 1 aliphatic rings. The maximum atomic E-state index is 2.36. The number of anilines is 1. The number of nitrogens with zero attached hydrogens (tertiary/aromatic N) is 1. The summed E-state index contributed by atoms with van der Waals surface area (Å²) >= 11 is 0. The van der Waals surface area contributed by atoms with Crippen LogP contribution >= 0.6 is 0 Å². The molecule has 0 amide bonds. The molecule has 88 valence electrons. The maximum Gasteiger partial charge on any atom is 0.0408 e. The molecule has 0 unspecified atom stereocenters. The van der Waals surface area contributed by atoms with Crippen LogP contribution in [0.2, 0.25) is 0 Å². The van der Waals surface area contributed by atoms with E-state index < -0.39 is 0 Å². The second kappa shape index (κ2) is 5.53. The molecule has 0 atom stereocenters. The smallest absolute Gasteiger partial charge is 0.0408 e. The van der Waals surface area contributed by atoms with Crippen molar-refractivity contribution in [3.63, 3.8) is 0 Å². The van der Waals surface area contributed by atoms with Gasteiger partial charge >= 0.3 is 0 Å². The van der Waals surface area contributed by atoms with Crippen molar-refractivity contribution in [1.82, 2.24) is 0 Å². The first kappa shape index (κ1) is 11.7. The van der Waals surface area contributed by atoms with Gasteiger partial charge in [-0.05, 0) is 32.1 Å². The zero-order valence-corrected chi connectivity index (χ0v) is 10.6. The molecule has 17 heavy (non-hydrogen) atoms. The van der Waals surface area contributed by atoms with Crippen LogP contribution in [-0.4, -0.2) is 6.54 Å². The lowest BCUT2D eigenvalue weighted by Gasteiger charge is -2.25. The van der Waals surface area contributed by atoms with Crippen molar-refractivity contribution in [3.05, 3.63) is 65.9 Å². The molecule has 0 heterocycles. The summed E-state index contributed by atoms with van der Waals surface area (Å²) in [6.07, 6.45) is 11.7. The first-order valence-corrected chi connectivity index (χ1v) is 6.18. The quantitative estimate of drug-likeness (QED) is 0.744. The Labute approximate surface area is 104 Å². The highest BCUT2D eigenvalue weighted by atomic mass is 15.1. The number of hydrogen-bond donors (Lipinski definition) is 0. The van der Waals surface area contributed by atoms with Gasteiger partial charge in [-0.25, -0.2) is 0 Å². The summed E-state index contributed by atoms with van der Waals surface area (Å²) in [5.74, 6) is 0. The van der Waals surface area contributed by atoms with Crippen molar-refractivity contribution in [2.24, 2.45) is 0 Å². The van der Waals surface area contributed by atoms with E-state index in [9.17, 15) is 0 Å². The van der Waals surface area contributed by atoms with E-state index in [2.05, 4.69) is 73.4 Å². The first-order valence-electron chi connectivity index (χ1n) is 6.18. The Kier molecular flexibility index (Phi) is 3.81. The lowest BCUT2D eigenvalue weighted by atomic mass is 10.2. The molecular weight excluding hydrogens is 206 g/mol. The van der Waals surface area contributed by atoms with E-state index in [0.29, 0.717) is 0 Å². The van der Waals surface area contributed by atoms with Crippen LogP contribution in [0.1, 0.15) is 18.9 Å². The third kappa shape index (κ3) is 2.88. The van der Waals surface area contributed by atoms with Crippen LogP contribution < -0.4 is 4.90 Å².